The fraction of sp³-hybridized carbons (Fsp3) is 0.538. The largest absolute Gasteiger partial charge is 0.477 e. The molecule has 0 unspecified atom stereocenters. The van der Waals surface area contributed by atoms with E-state index < -0.39 is 5.97 Å². The van der Waals surface area contributed by atoms with E-state index in [0.717, 1.165) is 18.5 Å². The summed E-state index contributed by atoms with van der Waals surface area (Å²) in [6.07, 6.45) is 2.58. The van der Waals surface area contributed by atoms with Crippen molar-refractivity contribution in [2.45, 2.75) is 39.8 Å². The zero-order valence-corrected chi connectivity index (χ0v) is 10.7. The first kappa shape index (κ1) is 13.6. The van der Waals surface area contributed by atoms with Crippen molar-refractivity contribution in [2.24, 2.45) is 0 Å². The summed E-state index contributed by atoms with van der Waals surface area (Å²) in [6.45, 7) is 7.96. The molecule has 1 N–H and O–H groups in total. The van der Waals surface area contributed by atoms with Gasteiger partial charge in [0.15, 0.2) is 5.69 Å². The van der Waals surface area contributed by atoms with Crippen molar-refractivity contribution in [3.63, 3.8) is 0 Å². The fourth-order valence-electron chi connectivity index (χ4n) is 1.78. The van der Waals surface area contributed by atoms with E-state index >= 15 is 0 Å². The molecule has 94 valence electrons. The van der Waals surface area contributed by atoms with E-state index in [1.165, 1.54) is 6.20 Å². The van der Waals surface area contributed by atoms with Gasteiger partial charge in [-0.1, -0.05) is 13.0 Å². The Hall–Kier alpha value is -1.42. The van der Waals surface area contributed by atoms with E-state index in [1.807, 2.05) is 6.07 Å². The number of pyridine rings is 1. The number of hydrogen-bond donors (Lipinski definition) is 1. The van der Waals surface area contributed by atoms with Gasteiger partial charge in [0.1, 0.15) is 0 Å². The van der Waals surface area contributed by atoms with Crippen LogP contribution in [0.5, 0.6) is 0 Å². The maximum absolute atomic E-state index is 11.0. The molecule has 4 heteroatoms. The minimum absolute atomic E-state index is 0.161. The first-order chi connectivity index (χ1) is 8.06. The molecule has 0 radical (unpaired) electrons. The molecule has 4 nitrogen and oxygen atoms in total. The first-order valence-corrected chi connectivity index (χ1v) is 5.97. The Morgan fingerprint density at radius 1 is 1.53 bits per heavy atom. The van der Waals surface area contributed by atoms with Crippen LogP contribution in [0.2, 0.25) is 0 Å². The van der Waals surface area contributed by atoms with Crippen LogP contribution in [-0.4, -0.2) is 33.5 Å². The van der Waals surface area contributed by atoms with Crippen LogP contribution in [0.25, 0.3) is 0 Å². The molecule has 0 bridgehead atoms. The Bertz CT molecular complexity index is 377. The molecule has 0 atom stereocenters. The molecule has 0 saturated heterocycles. The molecule has 1 aromatic rings. The smallest absolute Gasteiger partial charge is 0.354 e. The Morgan fingerprint density at radius 2 is 2.24 bits per heavy atom. The number of aromatic nitrogens is 1. The van der Waals surface area contributed by atoms with Crippen molar-refractivity contribution < 1.29 is 9.90 Å². The van der Waals surface area contributed by atoms with Gasteiger partial charge in [0.25, 0.3) is 0 Å². The van der Waals surface area contributed by atoms with E-state index in [1.54, 1.807) is 6.07 Å². The van der Waals surface area contributed by atoms with Crippen LogP contribution in [-0.2, 0) is 6.54 Å². The molecular weight excluding hydrogens is 216 g/mol. The third kappa shape index (κ3) is 3.82. The molecule has 0 aliphatic rings. The second kappa shape index (κ2) is 6.35. The van der Waals surface area contributed by atoms with Gasteiger partial charge in [0.05, 0.1) is 0 Å². The van der Waals surface area contributed by atoms with Crippen molar-refractivity contribution in [2.75, 3.05) is 6.54 Å². The number of hydrogen-bond acceptors (Lipinski definition) is 3. The predicted molar refractivity (Wildman–Crippen MR) is 67.0 cm³/mol. The van der Waals surface area contributed by atoms with Gasteiger partial charge in [0.2, 0.25) is 0 Å². The molecule has 0 spiro atoms. The highest BCUT2D eigenvalue weighted by Gasteiger charge is 2.15. The monoisotopic (exact) mass is 236 g/mol. The lowest BCUT2D eigenvalue weighted by atomic mass is 10.1. The number of aromatic carboxylic acids is 1. The zero-order chi connectivity index (χ0) is 12.8. The highest BCUT2D eigenvalue weighted by Crippen LogP contribution is 2.12. The topological polar surface area (TPSA) is 53.4 Å². The summed E-state index contributed by atoms with van der Waals surface area (Å²) in [7, 11) is 0. The van der Waals surface area contributed by atoms with Crippen LogP contribution < -0.4 is 0 Å². The Balaban J connectivity index is 2.88. The summed E-state index contributed by atoms with van der Waals surface area (Å²) < 4.78 is 0. The van der Waals surface area contributed by atoms with Gasteiger partial charge in [-0.05, 0) is 38.4 Å². The highest BCUT2D eigenvalue weighted by atomic mass is 16.4. The van der Waals surface area contributed by atoms with E-state index in [0.29, 0.717) is 12.6 Å². The number of carboxylic acid groups (broad SMARTS) is 1. The molecule has 0 amide bonds. The maximum Gasteiger partial charge on any atom is 0.354 e. The summed E-state index contributed by atoms with van der Waals surface area (Å²) in [5.41, 5.74) is 0.941. The summed E-state index contributed by atoms with van der Waals surface area (Å²) in [5.74, 6) is -0.958. The average Bonchev–Trinajstić information content (AvgIpc) is 2.28. The van der Waals surface area contributed by atoms with Crippen LogP contribution >= 0.6 is 0 Å². The fourth-order valence-corrected chi connectivity index (χ4v) is 1.78. The van der Waals surface area contributed by atoms with Crippen LogP contribution in [0.1, 0.15) is 43.2 Å². The summed E-state index contributed by atoms with van der Waals surface area (Å²) >= 11 is 0. The lowest BCUT2D eigenvalue weighted by molar-refractivity contribution is 0.0687. The molecule has 1 aromatic heterocycles. The van der Waals surface area contributed by atoms with E-state index in [2.05, 4.69) is 30.7 Å². The number of carbonyl (C=O) groups is 1. The van der Waals surface area contributed by atoms with Crippen LogP contribution in [0.15, 0.2) is 18.3 Å². The summed E-state index contributed by atoms with van der Waals surface area (Å²) in [5, 5.41) is 9.07. The minimum Gasteiger partial charge on any atom is -0.477 e. The zero-order valence-electron chi connectivity index (χ0n) is 10.7. The number of rotatable bonds is 6. The Morgan fingerprint density at radius 3 is 2.76 bits per heavy atom. The van der Waals surface area contributed by atoms with Crippen LogP contribution in [0.4, 0.5) is 0 Å². The van der Waals surface area contributed by atoms with Crippen molar-refractivity contribution in [1.29, 1.82) is 0 Å². The van der Waals surface area contributed by atoms with Crippen LogP contribution in [0.3, 0.4) is 0 Å². The van der Waals surface area contributed by atoms with Crippen LogP contribution in [0, 0.1) is 0 Å². The standard InChI is InChI=1S/C13H20N2O2/c1-4-8-15(10(2)3)9-11-6-5-7-14-12(11)13(16)17/h5-7,10H,4,8-9H2,1-3H3,(H,16,17). The first-order valence-electron chi connectivity index (χ1n) is 5.97. The normalized spacial score (nSPS) is 11.1. The molecule has 1 heterocycles. The maximum atomic E-state index is 11.0. The predicted octanol–water partition coefficient (Wildman–Crippen LogP) is 2.40. The van der Waals surface area contributed by atoms with Crippen molar-refractivity contribution >= 4 is 5.97 Å². The third-order valence-corrected chi connectivity index (χ3v) is 2.71. The SMILES string of the molecule is CCCN(Cc1cccnc1C(=O)O)C(C)C. The molecule has 0 aromatic carbocycles. The van der Waals surface area contributed by atoms with Gasteiger partial charge in [0, 0.05) is 18.8 Å². The van der Waals surface area contributed by atoms with Gasteiger partial charge < -0.3 is 5.11 Å². The van der Waals surface area contributed by atoms with E-state index in [4.69, 9.17) is 5.11 Å². The van der Waals surface area contributed by atoms with E-state index in [9.17, 15) is 4.79 Å². The molecule has 17 heavy (non-hydrogen) atoms. The number of carboxylic acids is 1. The van der Waals surface area contributed by atoms with Crippen molar-refractivity contribution in [3.05, 3.63) is 29.6 Å². The molecule has 1 rings (SSSR count). The molecule has 0 aliphatic carbocycles. The average molecular weight is 236 g/mol. The quantitative estimate of drug-likeness (QED) is 0.824. The lowest BCUT2D eigenvalue weighted by Crippen LogP contribution is -2.31. The van der Waals surface area contributed by atoms with Crippen molar-refractivity contribution in [1.82, 2.24) is 9.88 Å². The highest BCUT2D eigenvalue weighted by molar-refractivity contribution is 5.86. The van der Waals surface area contributed by atoms with Gasteiger partial charge in [-0.2, -0.15) is 0 Å². The van der Waals surface area contributed by atoms with Crippen molar-refractivity contribution in [3.8, 4) is 0 Å². The van der Waals surface area contributed by atoms with E-state index in [-0.39, 0.29) is 5.69 Å². The molecular formula is C13H20N2O2. The lowest BCUT2D eigenvalue weighted by Gasteiger charge is -2.26. The Kier molecular flexibility index (Phi) is 5.10. The summed E-state index contributed by atoms with van der Waals surface area (Å²) in [6, 6.07) is 4.02. The van der Waals surface area contributed by atoms with Gasteiger partial charge >= 0.3 is 5.97 Å². The van der Waals surface area contributed by atoms with Gasteiger partial charge in [-0.25, -0.2) is 9.78 Å². The minimum atomic E-state index is -0.958. The molecule has 0 saturated carbocycles. The van der Waals surface area contributed by atoms with Gasteiger partial charge in [-0.3, -0.25) is 4.90 Å². The summed E-state index contributed by atoms with van der Waals surface area (Å²) in [4.78, 5) is 17.2. The second-order valence-electron chi connectivity index (χ2n) is 4.38. The Labute approximate surface area is 102 Å². The van der Waals surface area contributed by atoms with Gasteiger partial charge in [-0.15, -0.1) is 0 Å². The molecule has 0 aliphatic heterocycles. The molecule has 0 fully saturated rings. The number of nitrogens with zero attached hydrogens (tertiary/aromatic N) is 2. The second-order valence-corrected chi connectivity index (χ2v) is 4.38. The third-order valence-electron chi connectivity index (χ3n) is 2.71.